The molecule has 0 radical (unpaired) electrons. The molecule has 1 N–H and O–H groups in total. The Balaban J connectivity index is 1.72. The fraction of sp³-hybridized carbons (Fsp3) is 0.421. The molecular weight excluding hydrogens is 342 g/mol. The number of piperidine rings is 1. The monoisotopic (exact) mass is 364 g/mol. The molecule has 0 spiro atoms. The van der Waals surface area contributed by atoms with Crippen LogP contribution in [-0.4, -0.2) is 30.4 Å². The van der Waals surface area contributed by atoms with Crippen LogP contribution < -0.4 is 5.32 Å². The van der Waals surface area contributed by atoms with Crippen LogP contribution in [0.15, 0.2) is 35.7 Å². The highest BCUT2D eigenvalue weighted by atomic mass is 32.1. The number of thiophene rings is 1. The van der Waals surface area contributed by atoms with E-state index in [9.17, 15) is 13.6 Å². The standard InChI is InChI=1S/C19H22F2N2OS/c1-13-7-9-23(10-8-13)16(17-6-3-11-25-17)12-22-19(24)18-14(20)4-2-5-15(18)21/h2-6,11,13,16H,7-10,12H2,1H3,(H,22,24). The zero-order valence-electron chi connectivity index (χ0n) is 14.2. The van der Waals surface area contributed by atoms with E-state index >= 15 is 0 Å². The quantitative estimate of drug-likeness (QED) is 0.861. The van der Waals surface area contributed by atoms with E-state index in [0.717, 1.165) is 42.9 Å². The van der Waals surface area contributed by atoms with E-state index in [4.69, 9.17) is 0 Å². The van der Waals surface area contributed by atoms with Gasteiger partial charge in [-0.3, -0.25) is 9.69 Å². The van der Waals surface area contributed by atoms with Gasteiger partial charge < -0.3 is 5.32 Å². The van der Waals surface area contributed by atoms with Gasteiger partial charge in [-0.15, -0.1) is 11.3 Å². The maximum absolute atomic E-state index is 13.8. The second-order valence-electron chi connectivity index (χ2n) is 6.56. The van der Waals surface area contributed by atoms with E-state index in [0.29, 0.717) is 12.5 Å². The minimum Gasteiger partial charge on any atom is -0.350 e. The minimum atomic E-state index is -0.836. The minimum absolute atomic E-state index is 0.0336. The molecule has 6 heteroatoms. The maximum atomic E-state index is 13.8. The Hall–Kier alpha value is -1.79. The number of carbonyl (C=O) groups excluding carboxylic acids is 1. The largest absolute Gasteiger partial charge is 0.350 e. The van der Waals surface area contributed by atoms with Crippen LogP contribution in [0.5, 0.6) is 0 Å². The summed E-state index contributed by atoms with van der Waals surface area (Å²) in [6, 6.07) is 7.51. The van der Waals surface area contributed by atoms with E-state index in [1.807, 2.05) is 17.5 Å². The van der Waals surface area contributed by atoms with Crippen molar-refractivity contribution in [2.75, 3.05) is 19.6 Å². The summed E-state index contributed by atoms with van der Waals surface area (Å²) in [4.78, 5) is 15.8. The number of halogens is 2. The molecule has 0 bridgehead atoms. The molecule has 1 amide bonds. The van der Waals surface area contributed by atoms with Crippen LogP contribution in [0.25, 0.3) is 0 Å². The summed E-state index contributed by atoms with van der Waals surface area (Å²) in [6.45, 7) is 4.52. The van der Waals surface area contributed by atoms with Gasteiger partial charge in [-0.25, -0.2) is 8.78 Å². The number of likely N-dealkylation sites (tertiary alicyclic amines) is 1. The van der Waals surface area contributed by atoms with Crippen LogP contribution in [0, 0.1) is 17.6 Å². The highest BCUT2D eigenvalue weighted by molar-refractivity contribution is 7.10. The molecule has 1 aromatic carbocycles. The summed E-state index contributed by atoms with van der Waals surface area (Å²) in [5.41, 5.74) is -0.514. The lowest BCUT2D eigenvalue weighted by molar-refractivity contribution is 0.0907. The third-order valence-electron chi connectivity index (χ3n) is 4.78. The van der Waals surface area contributed by atoms with Crippen LogP contribution in [0.3, 0.4) is 0 Å². The first-order valence-electron chi connectivity index (χ1n) is 8.56. The van der Waals surface area contributed by atoms with Gasteiger partial charge in [0.2, 0.25) is 0 Å². The normalized spacial score (nSPS) is 17.4. The molecule has 2 aromatic rings. The van der Waals surface area contributed by atoms with Crippen LogP contribution >= 0.6 is 11.3 Å². The highest BCUT2D eigenvalue weighted by Crippen LogP contribution is 2.29. The summed E-state index contributed by atoms with van der Waals surface area (Å²) < 4.78 is 27.6. The Kier molecular flexibility index (Phi) is 5.81. The molecule has 1 fully saturated rings. The third kappa shape index (κ3) is 4.25. The van der Waals surface area contributed by atoms with E-state index in [2.05, 4.69) is 17.1 Å². The Bertz CT molecular complexity index is 692. The molecule has 1 aromatic heterocycles. The van der Waals surface area contributed by atoms with Gasteiger partial charge in [0.15, 0.2) is 0 Å². The number of carbonyl (C=O) groups is 1. The van der Waals surface area contributed by atoms with Gasteiger partial charge in [-0.1, -0.05) is 19.1 Å². The van der Waals surface area contributed by atoms with Gasteiger partial charge in [-0.05, 0) is 55.4 Å². The molecule has 134 valence electrons. The average Bonchev–Trinajstić information content (AvgIpc) is 3.11. The number of nitrogens with one attached hydrogen (secondary N) is 1. The summed E-state index contributed by atoms with van der Waals surface area (Å²) in [7, 11) is 0. The van der Waals surface area contributed by atoms with Gasteiger partial charge in [0.05, 0.1) is 6.04 Å². The fourth-order valence-corrected chi connectivity index (χ4v) is 4.08. The molecule has 1 saturated heterocycles. The van der Waals surface area contributed by atoms with Crippen molar-refractivity contribution in [3.63, 3.8) is 0 Å². The first kappa shape index (κ1) is 18.0. The predicted octanol–water partition coefficient (Wildman–Crippen LogP) is 4.23. The Labute approximate surface area is 150 Å². The highest BCUT2D eigenvalue weighted by Gasteiger charge is 2.26. The van der Waals surface area contributed by atoms with Crippen LogP contribution in [0.2, 0.25) is 0 Å². The summed E-state index contributed by atoms with van der Waals surface area (Å²) in [5.74, 6) is -1.67. The Morgan fingerprint density at radius 1 is 1.24 bits per heavy atom. The molecule has 3 nitrogen and oxygen atoms in total. The smallest absolute Gasteiger partial charge is 0.257 e. The zero-order chi connectivity index (χ0) is 17.8. The molecular formula is C19H22F2N2OS. The van der Waals surface area contributed by atoms with Crippen molar-refractivity contribution in [1.29, 1.82) is 0 Å². The lowest BCUT2D eigenvalue weighted by atomic mass is 9.97. The van der Waals surface area contributed by atoms with Crippen molar-refractivity contribution in [3.8, 4) is 0 Å². The first-order valence-corrected chi connectivity index (χ1v) is 9.44. The van der Waals surface area contributed by atoms with Crippen molar-refractivity contribution in [2.45, 2.75) is 25.8 Å². The van der Waals surface area contributed by atoms with Gasteiger partial charge in [-0.2, -0.15) is 0 Å². The van der Waals surface area contributed by atoms with Gasteiger partial charge in [0.1, 0.15) is 17.2 Å². The van der Waals surface area contributed by atoms with Crippen LogP contribution in [0.1, 0.15) is 41.0 Å². The summed E-state index contributed by atoms with van der Waals surface area (Å²) >= 11 is 1.64. The lowest BCUT2D eigenvalue weighted by Crippen LogP contribution is -2.41. The maximum Gasteiger partial charge on any atom is 0.257 e. The number of benzene rings is 1. The van der Waals surface area contributed by atoms with Gasteiger partial charge in [0, 0.05) is 11.4 Å². The first-order chi connectivity index (χ1) is 12.1. The van der Waals surface area contributed by atoms with Crippen molar-refractivity contribution < 1.29 is 13.6 Å². The Morgan fingerprint density at radius 2 is 1.92 bits per heavy atom. The molecule has 2 heterocycles. The van der Waals surface area contributed by atoms with Crippen LogP contribution in [0.4, 0.5) is 8.78 Å². The molecule has 1 aliphatic heterocycles. The zero-order valence-corrected chi connectivity index (χ0v) is 15.0. The van der Waals surface area contributed by atoms with E-state index in [1.54, 1.807) is 11.3 Å². The summed E-state index contributed by atoms with van der Waals surface area (Å²) in [5, 5.41) is 4.73. The molecule has 0 aliphatic carbocycles. The predicted molar refractivity (Wildman–Crippen MR) is 95.7 cm³/mol. The number of amides is 1. The van der Waals surface area contributed by atoms with E-state index in [1.165, 1.54) is 6.07 Å². The van der Waals surface area contributed by atoms with Crippen molar-refractivity contribution in [3.05, 3.63) is 57.8 Å². The molecule has 1 atom stereocenters. The molecule has 3 rings (SSSR count). The fourth-order valence-electron chi connectivity index (χ4n) is 3.22. The molecule has 25 heavy (non-hydrogen) atoms. The SMILES string of the molecule is CC1CCN(C(CNC(=O)c2c(F)cccc2F)c2cccs2)CC1. The van der Waals surface area contributed by atoms with Crippen LogP contribution in [-0.2, 0) is 0 Å². The van der Waals surface area contributed by atoms with Crippen molar-refractivity contribution in [2.24, 2.45) is 5.92 Å². The average molecular weight is 364 g/mol. The number of hydrogen-bond donors (Lipinski definition) is 1. The number of nitrogens with zero attached hydrogens (tertiary/aromatic N) is 1. The summed E-state index contributed by atoms with van der Waals surface area (Å²) in [6.07, 6.45) is 2.25. The van der Waals surface area contributed by atoms with Crippen molar-refractivity contribution in [1.82, 2.24) is 10.2 Å². The lowest BCUT2D eigenvalue weighted by Gasteiger charge is -2.36. The molecule has 0 saturated carbocycles. The van der Waals surface area contributed by atoms with Gasteiger partial charge in [0.25, 0.3) is 5.91 Å². The second-order valence-corrected chi connectivity index (χ2v) is 7.54. The van der Waals surface area contributed by atoms with E-state index in [-0.39, 0.29) is 6.04 Å². The van der Waals surface area contributed by atoms with Crippen molar-refractivity contribution >= 4 is 17.2 Å². The molecule has 1 aliphatic rings. The third-order valence-corrected chi connectivity index (χ3v) is 5.75. The Morgan fingerprint density at radius 3 is 2.52 bits per heavy atom. The number of hydrogen-bond acceptors (Lipinski definition) is 3. The van der Waals surface area contributed by atoms with Gasteiger partial charge >= 0.3 is 0 Å². The topological polar surface area (TPSA) is 32.3 Å². The number of rotatable bonds is 5. The molecule has 1 unspecified atom stereocenters. The van der Waals surface area contributed by atoms with E-state index < -0.39 is 23.1 Å². The second kappa shape index (κ2) is 8.06.